The number of hydrogen-bond acceptors (Lipinski definition) is 5. The fourth-order valence-corrected chi connectivity index (χ4v) is 2.47. The second-order valence-corrected chi connectivity index (χ2v) is 4.78. The summed E-state index contributed by atoms with van der Waals surface area (Å²) in [4.78, 5) is 11.3. The summed E-state index contributed by atoms with van der Waals surface area (Å²) in [5.74, 6) is 0.581. The normalized spacial score (nSPS) is 20.6. The average Bonchev–Trinajstić information content (AvgIpc) is 2.74. The first kappa shape index (κ1) is 14.8. The molecule has 2 N–H and O–H groups in total. The average molecular weight is 279 g/mol. The molecule has 0 saturated heterocycles. The van der Waals surface area contributed by atoms with Gasteiger partial charge in [0.15, 0.2) is 0 Å². The number of benzene rings is 1. The SMILES string of the molecule is CCOC(=O)CCOC1c2ccc(OC)cc2CC1N. The van der Waals surface area contributed by atoms with Gasteiger partial charge in [-0.2, -0.15) is 0 Å². The van der Waals surface area contributed by atoms with Crippen molar-refractivity contribution in [2.75, 3.05) is 20.3 Å². The molecular formula is C15H21NO4. The number of methoxy groups -OCH3 is 1. The molecule has 2 atom stereocenters. The van der Waals surface area contributed by atoms with Crippen molar-refractivity contribution in [2.24, 2.45) is 5.73 Å². The van der Waals surface area contributed by atoms with Gasteiger partial charge in [0.2, 0.25) is 0 Å². The second-order valence-electron chi connectivity index (χ2n) is 4.78. The lowest BCUT2D eigenvalue weighted by molar-refractivity contribution is -0.144. The summed E-state index contributed by atoms with van der Waals surface area (Å²) in [6.07, 6.45) is 0.851. The Morgan fingerprint density at radius 1 is 1.45 bits per heavy atom. The maximum atomic E-state index is 11.3. The first-order valence-electron chi connectivity index (χ1n) is 6.85. The van der Waals surface area contributed by atoms with Crippen LogP contribution in [0.4, 0.5) is 0 Å². The van der Waals surface area contributed by atoms with Crippen molar-refractivity contribution in [1.29, 1.82) is 0 Å². The quantitative estimate of drug-likeness (QED) is 0.801. The van der Waals surface area contributed by atoms with Crippen LogP contribution in [0.5, 0.6) is 5.75 Å². The standard InChI is InChI=1S/C15H21NO4/c1-3-19-14(17)6-7-20-15-12-5-4-11(18-2)8-10(12)9-13(15)16/h4-5,8,13,15H,3,6-7,9,16H2,1-2H3. The van der Waals surface area contributed by atoms with Crippen molar-refractivity contribution in [2.45, 2.75) is 31.9 Å². The van der Waals surface area contributed by atoms with Crippen LogP contribution in [0.1, 0.15) is 30.6 Å². The van der Waals surface area contributed by atoms with Crippen molar-refractivity contribution >= 4 is 5.97 Å². The van der Waals surface area contributed by atoms with Crippen LogP contribution in [-0.4, -0.2) is 32.3 Å². The van der Waals surface area contributed by atoms with Crippen LogP contribution in [0.3, 0.4) is 0 Å². The van der Waals surface area contributed by atoms with E-state index in [-0.39, 0.29) is 24.5 Å². The van der Waals surface area contributed by atoms with Gasteiger partial charge < -0.3 is 19.9 Å². The third-order valence-corrected chi connectivity index (χ3v) is 3.41. The van der Waals surface area contributed by atoms with E-state index in [0.29, 0.717) is 13.2 Å². The molecule has 2 rings (SSSR count). The summed E-state index contributed by atoms with van der Waals surface area (Å²) in [5, 5.41) is 0. The summed E-state index contributed by atoms with van der Waals surface area (Å²) >= 11 is 0. The van der Waals surface area contributed by atoms with E-state index in [1.54, 1.807) is 14.0 Å². The lowest BCUT2D eigenvalue weighted by atomic mass is 10.1. The fourth-order valence-electron chi connectivity index (χ4n) is 2.47. The van der Waals surface area contributed by atoms with Gasteiger partial charge >= 0.3 is 5.97 Å². The summed E-state index contributed by atoms with van der Waals surface area (Å²) in [7, 11) is 1.64. The Kier molecular flexibility index (Phi) is 4.98. The van der Waals surface area contributed by atoms with Crippen molar-refractivity contribution in [3.05, 3.63) is 29.3 Å². The minimum Gasteiger partial charge on any atom is -0.497 e. The Morgan fingerprint density at radius 3 is 2.95 bits per heavy atom. The first-order chi connectivity index (χ1) is 9.65. The Hall–Kier alpha value is -1.59. The molecule has 20 heavy (non-hydrogen) atoms. The lowest BCUT2D eigenvalue weighted by Gasteiger charge is -2.17. The molecule has 5 nitrogen and oxygen atoms in total. The molecule has 0 saturated carbocycles. The molecule has 110 valence electrons. The molecule has 0 heterocycles. The van der Waals surface area contributed by atoms with Crippen LogP contribution >= 0.6 is 0 Å². The van der Waals surface area contributed by atoms with Gasteiger partial charge in [-0.3, -0.25) is 4.79 Å². The van der Waals surface area contributed by atoms with E-state index < -0.39 is 0 Å². The molecule has 0 amide bonds. The fraction of sp³-hybridized carbons (Fsp3) is 0.533. The predicted molar refractivity (Wildman–Crippen MR) is 74.6 cm³/mol. The number of carbonyl (C=O) groups is 1. The Balaban J connectivity index is 1.95. The highest BCUT2D eigenvalue weighted by atomic mass is 16.5. The zero-order valence-corrected chi connectivity index (χ0v) is 11.9. The second kappa shape index (κ2) is 6.72. The number of hydrogen-bond donors (Lipinski definition) is 1. The van der Waals surface area contributed by atoms with Gasteiger partial charge in [-0.25, -0.2) is 0 Å². The van der Waals surface area contributed by atoms with Crippen LogP contribution < -0.4 is 10.5 Å². The molecule has 0 spiro atoms. The van der Waals surface area contributed by atoms with Crippen molar-refractivity contribution in [1.82, 2.24) is 0 Å². The number of carbonyl (C=O) groups excluding carboxylic acids is 1. The molecule has 1 aromatic rings. The molecule has 2 unspecified atom stereocenters. The van der Waals surface area contributed by atoms with Crippen LogP contribution in [0.25, 0.3) is 0 Å². The lowest BCUT2D eigenvalue weighted by Crippen LogP contribution is -2.27. The number of nitrogens with two attached hydrogens (primary N) is 1. The van der Waals surface area contributed by atoms with Gasteiger partial charge in [0.05, 0.1) is 32.8 Å². The molecular weight excluding hydrogens is 258 g/mol. The maximum absolute atomic E-state index is 11.3. The van der Waals surface area contributed by atoms with E-state index in [1.807, 2.05) is 18.2 Å². The van der Waals surface area contributed by atoms with E-state index in [2.05, 4.69) is 0 Å². The molecule has 1 aliphatic rings. The molecule has 0 aromatic heterocycles. The van der Waals surface area contributed by atoms with Crippen molar-refractivity contribution in [3.8, 4) is 5.75 Å². The third kappa shape index (κ3) is 3.29. The zero-order chi connectivity index (χ0) is 14.5. The Bertz CT molecular complexity index is 475. The van der Waals surface area contributed by atoms with Gasteiger partial charge in [0.25, 0.3) is 0 Å². The van der Waals surface area contributed by atoms with Gasteiger partial charge in [0.1, 0.15) is 5.75 Å². The first-order valence-corrected chi connectivity index (χ1v) is 6.85. The van der Waals surface area contributed by atoms with Gasteiger partial charge in [-0.1, -0.05) is 6.07 Å². The van der Waals surface area contributed by atoms with Crippen LogP contribution in [-0.2, 0) is 20.7 Å². The van der Waals surface area contributed by atoms with Crippen LogP contribution in [0.15, 0.2) is 18.2 Å². The zero-order valence-electron chi connectivity index (χ0n) is 11.9. The number of fused-ring (bicyclic) bond motifs is 1. The summed E-state index contributed by atoms with van der Waals surface area (Å²) in [6.45, 7) is 2.50. The summed E-state index contributed by atoms with van der Waals surface area (Å²) in [6, 6.07) is 5.79. The van der Waals surface area contributed by atoms with E-state index in [1.165, 1.54) is 0 Å². The van der Waals surface area contributed by atoms with E-state index in [9.17, 15) is 4.79 Å². The van der Waals surface area contributed by atoms with E-state index in [4.69, 9.17) is 19.9 Å². The highest BCUT2D eigenvalue weighted by Crippen LogP contribution is 2.35. The Labute approximate surface area is 119 Å². The Morgan fingerprint density at radius 2 is 2.25 bits per heavy atom. The molecule has 0 aliphatic heterocycles. The maximum Gasteiger partial charge on any atom is 0.308 e. The smallest absolute Gasteiger partial charge is 0.308 e. The number of esters is 1. The molecule has 1 aromatic carbocycles. The monoisotopic (exact) mass is 279 g/mol. The predicted octanol–water partition coefficient (Wildman–Crippen LogP) is 1.59. The number of ether oxygens (including phenoxy) is 3. The molecule has 0 bridgehead atoms. The molecule has 1 aliphatic carbocycles. The topological polar surface area (TPSA) is 70.8 Å². The highest BCUT2D eigenvalue weighted by Gasteiger charge is 2.31. The largest absolute Gasteiger partial charge is 0.497 e. The van der Waals surface area contributed by atoms with Crippen LogP contribution in [0.2, 0.25) is 0 Å². The van der Waals surface area contributed by atoms with Crippen molar-refractivity contribution < 1.29 is 19.0 Å². The molecule has 0 fully saturated rings. The summed E-state index contributed by atoms with van der Waals surface area (Å²) in [5.41, 5.74) is 8.35. The van der Waals surface area contributed by atoms with Gasteiger partial charge in [0, 0.05) is 6.04 Å². The van der Waals surface area contributed by atoms with E-state index >= 15 is 0 Å². The molecule has 5 heteroatoms. The van der Waals surface area contributed by atoms with Crippen molar-refractivity contribution in [3.63, 3.8) is 0 Å². The van der Waals surface area contributed by atoms with Crippen LogP contribution in [0, 0.1) is 0 Å². The van der Waals surface area contributed by atoms with Gasteiger partial charge in [-0.15, -0.1) is 0 Å². The van der Waals surface area contributed by atoms with Gasteiger partial charge in [-0.05, 0) is 36.6 Å². The third-order valence-electron chi connectivity index (χ3n) is 3.41. The minimum absolute atomic E-state index is 0.0840. The summed E-state index contributed by atoms with van der Waals surface area (Å²) < 4.78 is 15.8. The number of rotatable bonds is 6. The minimum atomic E-state index is -0.242. The highest BCUT2D eigenvalue weighted by molar-refractivity contribution is 5.69. The molecule has 0 radical (unpaired) electrons. The van der Waals surface area contributed by atoms with E-state index in [0.717, 1.165) is 23.3 Å².